The van der Waals surface area contributed by atoms with E-state index in [0.717, 1.165) is 25.7 Å². The molecule has 0 N–H and O–H groups in total. The van der Waals surface area contributed by atoms with E-state index in [1.807, 2.05) is 4.90 Å². The number of ether oxygens (including phenoxy) is 1. The maximum absolute atomic E-state index is 12.7. The van der Waals surface area contributed by atoms with Crippen LogP contribution in [0.15, 0.2) is 0 Å². The Morgan fingerprint density at radius 2 is 1.84 bits per heavy atom. The van der Waals surface area contributed by atoms with Gasteiger partial charge in [-0.15, -0.1) is 0 Å². The lowest BCUT2D eigenvalue weighted by molar-refractivity contribution is -0.136. The molecule has 0 aromatic heterocycles. The molecule has 4 fully saturated rings. The average molecular weight is 349 g/mol. The molecule has 3 atom stereocenters. The number of urea groups is 1. The summed E-state index contributed by atoms with van der Waals surface area (Å²) in [6, 6.07) is -0.744. The van der Waals surface area contributed by atoms with E-state index in [1.54, 1.807) is 12.0 Å². The van der Waals surface area contributed by atoms with Crippen molar-refractivity contribution in [3.8, 4) is 0 Å². The predicted molar refractivity (Wildman–Crippen MR) is 89.7 cm³/mol. The second-order valence-corrected chi connectivity index (χ2v) is 7.81. The van der Waals surface area contributed by atoms with Crippen molar-refractivity contribution >= 4 is 17.8 Å². The van der Waals surface area contributed by atoms with Gasteiger partial charge >= 0.3 is 6.03 Å². The van der Waals surface area contributed by atoms with Crippen LogP contribution in [0.3, 0.4) is 0 Å². The standard InChI is InChI=1S/C18H27N3O4/c1-25-14-9-15-17(23)21(18(24)20(15)11-14)13-7-8-19(10-13)16(22)12-5-3-2-4-6-12/h12-15H,2-11H2,1H3/t13-,14+,15-/m0/s1. The Hall–Kier alpha value is -1.63. The van der Waals surface area contributed by atoms with Gasteiger partial charge in [-0.3, -0.25) is 14.5 Å². The SMILES string of the molecule is CO[C@@H]1C[C@H]2C(=O)N([C@H]3CCN(C(=O)C4CCCCC4)C3)C(=O)N2C1. The number of hydrogen-bond donors (Lipinski definition) is 0. The summed E-state index contributed by atoms with van der Waals surface area (Å²) in [5.41, 5.74) is 0. The van der Waals surface area contributed by atoms with Gasteiger partial charge in [0.1, 0.15) is 6.04 Å². The minimum Gasteiger partial charge on any atom is -0.380 e. The minimum atomic E-state index is -0.374. The zero-order chi connectivity index (χ0) is 17.6. The molecule has 1 saturated carbocycles. The van der Waals surface area contributed by atoms with Crippen LogP contribution in [0.5, 0.6) is 0 Å². The van der Waals surface area contributed by atoms with Gasteiger partial charge in [0.15, 0.2) is 0 Å². The second kappa shape index (κ2) is 6.59. The highest BCUT2D eigenvalue weighted by atomic mass is 16.5. The molecule has 3 saturated heterocycles. The molecule has 138 valence electrons. The summed E-state index contributed by atoms with van der Waals surface area (Å²) in [6.45, 7) is 1.64. The van der Waals surface area contributed by atoms with Crippen LogP contribution >= 0.6 is 0 Å². The molecule has 0 aromatic rings. The lowest BCUT2D eigenvalue weighted by Gasteiger charge is -2.27. The van der Waals surface area contributed by atoms with Gasteiger partial charge in [0.25, 0.3) is 5.91 Å². The summed E-state index contributed by atoms with van der Waals surface area (Å²) >= 11 is 0. The Balaban J connectivity index is 1.40. The molecule has 0 radical (unpaired) electrons. The van der Waals surface area contributed by atoms with E-state index in [0.29, 0.717) is 32.5 Å². The number of hydrogen-bond acceptors (Lipinski definition) is 4. The van der Waals surface area contributed by atoms with Crippen LogP contribution in [0.1, 0.15) is 44.9 Å². The quantitative estimate of drug-likeness (QED) is 0.719. The third kappa shape index (κ3) is 2.82. The molecule has 4 rings (SSSR count). The molecule has 0 aromatic carbocycles. The van der Waals surface area contributed by atoms with Crippen molar-refractivity contribution in [3.05, 3.63) is 0 Å². The van der Waals surface area contributed by atoms with Crippen molar-refractivity contribution in [2.24, 2.45) is 5.92 Å². The molecule has 1 aliphatic carbocycles. The first-order valence-corrected chi connectivity index (χ1v) is 9.55. The topological polar surface area (TPSA) is 70.2 Å². The van der Waals surface area contributed by atoms with E-state index >= 15 is 0 Å². The lowest BCUT2D eigenvalue weighted by atomic mass is 9.88. The molecule has 7 nitrogen and oxygen atoms in total. The highest BCUT2D eigenvalue weighted by Gasteiger charge is 2.53. The Kier molecular flexibility index (Phi) is 4.43. The summed E-state index contributed by atoms with van der Waals surface area (Å²) in [6.07, 6.45) is 6.68. The number of nitrogens with zero attached hydrogens (tertiary/aromatic N) is 3. The predicted octanol–water partition coefficient (Wildman–Crippen LogP) is 1.22. The average Bonchev–Trinajstić information content (AvgIpc) is 3.33. The van der Waals surface area contributed by atoms with Gasteiger partial charge in [0.2, 0.25) is 5.91 Å². The molecule has 3 heterocycles. The number of fused-ring (bicyclic) bond motifs is 1. The summed E-state index contributed by atoms with van der Waals surface area (Å²) in [5.74, 6) is 0.255. The number of amides is 4. The molecule has 4 amide bonds. The summed E-state index contributed by atoms with van der Waals surface area (Å²) in [5, 5.41) is 0. The largest absolute Gasteiger partial charge is 0.380 e. The van der Waals surface area contributed by atoms with Crippen LogP contribution in [0, 0.1) is 5.92 Å². The minimum absolute atomic E-state index is 0.0481. The van der Waals surface area contributed by atoms with E-state index in [2.05, 4.69) is 0 Å². The van der Waals surface area contributed by atoms with Crippen molar-refractivity contribution in [1.29, 1.82) is 0 Å². The third-order valence-electron chi connectivity index (χ3n) is 6.36. The van der Waals surface area contributed by atoms with E-state index in [-0.39, 0.29) is 42.0 Å². The fraction of sp³-hybridized carbons (Fsp3) is 0.833. The molecule has 25 heavy (non-hydrogen) atoms. The first-order chi connectivity index (χ1) is 12.1. The van der Waals surface area contributed by atoms with Crippen LogP contribution in [0.4, 0.5) is 4.79 Å². The molecular weight excluding hydrogens is 322 g/mol. The monoisotopic (exact) mass is 349 g/mol. The lowest BCUT2D eigenvalue weighted by Crippen LogP contribution is -2.45. The number of carbonyl (C=O) groups is 3. The Morgan fingerprint density at radius 1 is 1.08 bits per heavy atom. The van der Waals surface area contributed by atoms with Gasteiger partial charge in [-0.2, -0.15) is 0 Å². The number of likely N-dealkylation sites (tertiary alicyclic amines) is 1. The molecule has 0 unspecified atom stereocenters. The summed E-state index contributed by atoms with van der Waals surface area (Å²) in [4.78, 5) is 43.1. The number of carbonyl (C=O) groups excluding carboxylic acids is 3. The third-order valence-corrected chi connectivity index (χ3v) is 6.36. The number of imide groups is 1. The maximum Gasteiger partial charge on any atom is 0.327 e. The highest BCUT2D eigenvalue weighted by Crippen LogP contribution is 2.33. The normalized spacial score (nSPS) is 33.5. The van der Waals surface area contributed by atoms with Gasteiger partial charge in [-0.1, -0.05) is 19.3 Å². The first kappa shape index (κ1) is 16.8. The first-order valence-electron chi connectivity index (χ1n) is 9.55. The second-order valence-electron chi connectivity index (χ2n) is 7.81. The van der Waals surface area contributed by atoms with Crippen LogP contribution in [-0.4, -0.2) is 77.5 Å². The summed E-state index contributed by atoms with van der Waals surface area (Å²) < 4.78 is 5.30. The fourth-order valence-corrected chi connectivity index (χ4v) is 4.90. The molecule has 3 aliphatic heterocycles. The van der Waals surface area contributed by atoms with Gasteiger partial charge in [-0.25, -0.2) is 4.79 Å². The maximum atomic E-state index is 12.7. The van der Waals surface area contributed by atoms with Crippen LogP contribution in [0.25, 0.3) is 0 Å². The van der Waals surface area contributed by atoms with E-state index < -0.39 is 0 Å². The molecule has 7 heteroatoms. The van der Waals surface area contributed by atoms with Gasteiger partial charge in [0, 0.05) is 39.1 Å². The molecular formula is C18H27N3O4. The highest BCUT2D eigenvalue weighted by molar-refractivity contribution is 6.05. The molecule has 0 bridgehead atoms. The Bertz CT molecular complexity index is 551. The van der Waals surface area contributed by atoms with Crippen LogP contribution in [0.2, 0.25) is 0 Å². The number of methoxy groups -OCH3 is 1. The van der Waals surface area contributed by atoms with E-state index in [1.165, 1.54) is 11.3 Å². The van der Waals surface area contributed by atoms with Gasteiger partial charge < -0.3 is 14.5 Å². The van der Waals surface area contributed by atoms with Crippen molar-refractivity contribution in [2.75, 3.05) is 26.7 Å². The van der Waals surface area contributed by atoms with Crippen LogP contribution < -0.4 is 0 Å². The Morgan fingerprint density at radius 3 is 2.52 bits per heavy atom. The smallest absolute Gasteiger partial charge is 0.327 e. The zero-order valence-electron chi connectivity index (χ0n) is 14.9. The van der Waals surface area contributed by atoms with E-state index in [4.69, 9.17) is 4.74 Å². The van der Waals surface area contributed by atoms with Gasteiger partial charge in [0.05, 0.1) is 12.1 Å². The molecule has 4 aliphatic rings. The Labute approximate surface area is 148 Å². The number of rotatable bonds is 3. The van der Waals surface area contributed by atoms with Crippen molar-refractivity contribution < 1.29 is 19.1 Å². The summed E-state index contributed by atoms with van der Waals surface area (Å²) in [7, 11) is 1.62. The van der Waals surface area contributed by atoms with Crippen molar-refractivity contribution in [2.45, 2.75) is 63.1 Å². The van der Waals surface area contributed by atoms with Crippen LogP contribution in [-0.2, 0) is 14.3 Å². The van der Waals surface area contributed by atoms with Crippen molar-refractivity contribution in [3.63, 3.8) is 0 Å². The van der Waals surface area contributed by atoms with Crippen molar-refractivity contribution in [1.82, 2.24) is 14.7 Å². The van der Waals surface area contributed by atoms with E-state index in [9.17, 15) is 14.4 Å². The molecule has 0 spiro atoms. The zero-order valence-corrected chi connectivity index (χ0v) is 14.9. The fourth-order valence-electron chi connectivity index (χ4n) is 4.90. The van der Waals surface area contributed by atoms with Gasteiger partial charge in [-0.05, 0) is 19.3 Å².